The number of imide groups is 1. The van der Waals surface area contributed by atoms with Crippen LogP contribution in [0.1, 0.15) is 62.5 Å². The molecule has 3 amide bonds. The van der Waals surface area contributed by atoms with Crippen LogP contribution in [0.5, 0.6) is 5.75 Å². The van der Waals surface area contributed by atoms with Crippen LogP contribution in [0.25, 0.3) is 0 Å². The molecule has 5 rings (SSSR count). The fourth-order valence-electron chi connectivity index (χ4n) is 6.89. The first-order chi connectivity index (χ1) is 18.3. The Morgan fingerprint density at radius 2 is 1.53 bits per heavy atom. The van der Waals surface area contributed by atoms with Crippen molar-refractivity contribution in [2.24, 2.45) is 0 Å². The van der Waals surface area contributed by atoms with Crippen molar-refractivity contribution in [3.8, 4) is 5.75 Å². The minimum Gasteiger partial charge on any atom is -0.497 e. The van der Waals surface area contributed by atoms with Crippen LogP contribution in [0.2, 0.25) is 0 Å². The van der Waals surface area contributed by atoms with Crippen molar-refractivity contribution in [2.75, 3.05) is 34.9 Å². The fourth-order valence-corrected chi connectivity index (χ4v) is 6.89. The van der Waals surface area contributed by atoms with Gasteiger partial charge in [-0.1, -0.05) is 42.5 Å². The Balaban J connectivity index is 1.44. The van der Waals surface area contributed by atoms with Crippen LogP contribution in [-0.2, 0) is 21.6 Å². The van der Waals surface area contributed by atoms with E-state index in [1.165, 1.54) is 10.5 Å². The monoisotopic (exact) mass is 519 g/mol. The molecule has 204 valence electrons. The van der Waals surface area contributed by atoms with E-state index in [2.05, 4.69) is 43.3 Å². The molecule has 7 heteroatoms. The van der Waals surface area contributed by atoms with Gasteiger partial charge in [0.15, 0.2) is 0 Å². The Bertz CT molecular complexity index is 1130. The molecule has 38 heavy (non-hydrogen) atoms. The summed E-state index contributed by atoms with van der Waals surface area (Å²) >= 11 is 0. The van der Waals surface area contributed by atoms with Crippen LogP contribution in [0.4, 0.5) is 4.79 Å². The largest absolute Gasteiger partial charge is 0.497 e. The molecule has 0 radical (unpaired) electrons. The summed E-state index contributed by atoms with van der Waals surface area (Å²) in [6.07, 6.45) is 6.85. The van der Waals surface area contributed by atoms with Gasteiger partial charge in [-0.3, -0.25) is 14.6 Å². The minimum absolute atomic E-state index is 0.0567. The van der Waals surface area contributed by atoms with Crippen molar-refractivity contribution in [1.29, 1.82) is 0 Å². The number of hydrogen-bond donors (Lipinski definition) is 0. The first-order valence-electron chi connectivity index (χ1n) is 13.8. The first kappa shape index (κ1) is 26.7. The van der Waals surface area contributed by atoms with Crippen LogP contribution in [-0.4, -0.2) is 72.6 Å². The Morgan fingerprint density at radius 3 is 2.05 bits per heavy atom. The molecular weight excluding hydrogens is 478 g/mol. The Kier molecular flexibility index (Phi) is 7.27. The molecule has 1 spiro atoms. The number of ether oxygens (including phenoxy) is 2. The predicted molar refractivity (Wildman–Crippen MR) is 147 cm³/mol. The van der Waals surface area contributed by atoms with Crippen molar-refractivity contribution in [3.63, 3.8) is 0 Å². The van der Waals surface area contributed by atoms with E-state index in [-0.39, 0.29) is 29.6 Å². The highest BCUT2D eigenvalue weighted by Gasteiger charge is 2.60. The van der Waals surface area contributed by atoms with Gasteiger partial charge in [-0.25, -0.2) is 4.79 Å². The summed E-state index contributed by atoms with van der Waals surface area (Å²) < 4.78 is 11.2. The maximum absolute atomic E-state index is 14.2. The van der Waals surface area contributed by atoms with E-state index in [9.17, 15) is 9.59 Å². The van der Waals surface area contributed by atoms with Crippen LogP contribution >= 0.6 is 0 Å². The third kappa shape index (κ3) is 4.39. The third-order valence-electron chi connectivity index (χ3n) is 9.68. The SMILES string of the molecule is COc1ccc(CN2C(=O)N(CCC3(OC)CCC3)C3(CCC(c4ccccc4)(N(C)C)CC3)C2=O)cc1. The highest BCUT2D eigenvalue weighted by atomic mass is 16.5. The van der Waals surface area contributed by atoms with Crippen molar-refractivity contribution in [2.45, 2.75) is 74.6 Å². The normalized spacial score (nSPS) is 26.8. The van der Waals surface area contributed by atoms with Crippen LogP contribution < -0.4 is 4.74 Å². The van der Waals surface area contributed by atoms with Gasteiger partial charge in [-0.15, -0.1) is 0 Å². The smallest absolute Gasteiger partial charge is 0.327 e. The number of urea groups is 1. The zero-order valence-electron chi connectivity index (χ0n) is 23.2. The average Bonchev–Trinajstić information content (AvgIpc) is 3.10. The number of hydrogen-bond acceptors (Lipinski definition) is 5. The lowest BCUT2D eigenvalue weighted by atomic mass is 9.67. The van der Waals surface area contributed by atoms with Gasteiger partial charge >= 0.3 is 6.03 Å². The second-order valence-corrected chi connectivity index (χ2v) is 11.5. The standard InChI is InChI=1S/C31H41N3O4/c1-32(2)30(25-9-6-5-7-10-25)17-19-31(20-18-30)27(35)33(23-24-11-13-26(37-3)14-12-24)28(36)34(31)22-21-29(38-4)15-8-16-29/h5-7,9-14H,8,15-23H2,1-4H3. The maximum atomic E-state index is 14.2. The zero-order chi connectivity index (χ0) is 27.0. The molecule has 0 N–H and O–H groups in total. The molecule has 3 aliphatic rings. The topological polar surface area (TPSA) is 62.3 Å². The lowest BCUT2D eigenvalue weighted by Gasteiger charge is -2.50. The van der Waals surface area contributed by atoms with Crippen molar-refractivity contribution >= 4 is 11.9 Å². The zero-order valence-corrected chi connectivity index (χ0v) is 23.2. The third-order valence-corrected chi connectivity index (χ3v) is 9.68. The molecule has 1 saturated heterocycles. The summed E-state index contributed by atoms with van der Waals surface area (Å²) in [5.41, 5.74) is 1.05. The molecule has 2 aliphatic carbocycles. The Morgan fingerprint density at radius 1 is 0.868 bits per heavy atom. The molecule has 0 unspecified atom stereocenters. The van der Waals surface area contributed by atoms with E-state index in [0.29, 0.717) is 19.4 Å². The van der Waals surface area contributed by atoms with E-state index < -0.39 is 5.54 Å². The second-order valence-electron chi connectivity index (χ2n) is 11.5. The van der Waals surface area contributed by atoms with Gasteiger partial charge in [0.2, 0.25) is 0 Å². The molecule has 0 aromatic heterocycles. The predicted octanol–water partition coefficient (Wildman–Crippen LogP) is 5.19. The summed E-state index contributed by atoms with van der Waals surface area (Å²) in [4.78, 5) is 33.8. The lowest BCUT2D eigenvalue weighted by molar-refractivity contribution is -0.137. The van der Waals surface area contributed by atoms with Crippen molar-refractivity contribution in [3.05, 3.63) is 65.7 Å². The number of nitrogens with zero attached hydrogens (tertiary/aromatic N) is 3. The van der Waals surface area contributed by atoms with Crippen LogP contribution in [0.15, 0.2) is 54.6 Å². The first-order valence-corrected chi connectivity index (χ1v) is 13.8. The van der Waals surface area contributed by atoms with Gasteiger partial charge in [-0.2, -0.15) is 0 Å². The van der Waals surface area contributed by atoms with Crippen LogP contribution in [0, 0.1) is 0 Å². The summed E-state index contributed by atoms with van der Waals surface area (Å²) in [5.74, 6) is 0.698. The average molecular weight is 520 g/mol. The van der Waals surface area contributed by atoms with Gasteiger partial charge < -0.3 is 14.4 Å². The van der Waals surface area contributed by atoms with Gasteiger partial charge in [-0.05, 0) is 88.7 Å². The number of carbonyl (C=O) groups excluding carboxylic acids is 2. The van der Waals surface area contributed by atoms with E-state index in [4.69, 9.17) is 9.47 Å². The molecule has 1 heterocycles. The molecule has 3 fully saturated rings. The van der Waals surface area contributed by atoms with E-state index >= 15 is 0 Å². The maximum Gasteiger partial charge on any atom is 0.327 e. The number of amides is 3. The molecule has 0 atom stereocenters. The molecule has 7 nitrogen and oxygen atoms in total. The van der Waals surface area contributed by atoms with Crippen molar-refractivity contribution in [1.82, 2.24) is 14.7 Å². The molecule has 0 bridgehead atoms. The summed E-state index contributed by atoms with van der Waals surface area (Å²) in [6, 6.07) is 18.0. The van der Waals surface area contributed by atoms with Gasteiger partial charge in [0.1, 0.15) is 11.3 Å². The van der Waals surface area contributed by atoms with E-state index in [1.54, 1.807) is 14.2 Å². The molecule has 2 aromatic carbocycles. The molecule has 2 saturated carbocycles. The van der Waals surface area contributed by atoms with Gasteiger partial charge in [0.25, 0.3) is 5.91 Å². The minimum atomic E-state index is -0.809. The summed E-state index contributed by atoms with van der Waals surface area (Å²) in [7, 11) is 7.65. The Labute approximate surface area is 226 Å². The number of rotatable bonds is 9. The summed E-state index contributed by atoms with van der Waals surface area (Å²) in [5, 5.41) is 0. The number of methoxy groups -OCH3 is 2. The second kappa shape index (κ2) is 10.3. The van der Waals surface area contributed by atoms with Gasteiger partial charge in [0, 0.05) is 19.2 Å². The van der Waals surface area contributed by atoms with E-state index in [1.807, 2.05) is 35.2 Å². The van der Waals surface area contributed by atoms with E-state index in [0.717, 1.165) is 49.8 Å². The highest BCUT2D eigenvalue weighted by molar-refractivity contribution is 6.07. The highest BCUT2D eigenvalue weighted by Crippen LogP contribution is 2.50. The van der Waals surface area contributed by atoms with Gasteiger partial charge in [0.05, 0.1) is 19.3 Å². The van der Waals surface area contributed by atoms with Crippen molar-refractivity contribution < 1.29 is 19.1 Å². The fraction of sp³-hybridized carbons (Fsp3) is 0.548. The molecular formula is C31H41N3O4. The lowest BCUT2D eigenvalue weighted by Crippen LogP contribution is -2.58. The molecule has 2 aromatic rings. The van der Waals surface area contributed by atoms with Crippen LogP contribution in [0.3, 0.4) is 0 Å². The number of benzene rings is 2. The Hall–Kier alpha value is -2.90. The molecule has 1 aliphatic heterocycles. The summed E-state index contributed by atoms with van der Waals surface area (Å²) in [6.45, 7) is 0.810. The number of carbonyl (C=O) groups is 2. The quantitative estimate of drug-likeness (QED) is 0.427.